The van der Waals surface area contributed by atoms with Crippen molar-refractivity contribution in [1.29, 1.82) is 5.26 Å². The van der Waals surface area contributed by atoms with Crippen molar-refractivity contribution in [3.05, 3.63) is 54.4 Å². The lowest BCUT2D eigenvalue weighted by atomic mass is 10.2. The number of rotatable bonds is 7. The van der Waals surface area contributed by atoms with Crippen LogP contribution in [-0.2, 0) is 11.8 Å². The van der Waals surface area contributed by atoms with E-state index in [-0.39, 0.29) is 18.1 Å². The van der Waals surface area contributed by atoms with Gasteiger partial charge in [-0.05, 0) is 31.2 Å². The Labute approximate surface area is 168 Å². The number of aryl methyl sites for hydroxylation is 1. The van der Waals surface area contributed by atoms with Crippen LogP contribution in [0.1, 0.15) is 12.0 Å². The molecule has 0 fully saturated rings. The van der Waals surface area contributed by atoms with Crippen LogP contribution in [0.25, 0.3) is 11.4 Å². The molecule has 0 aliphatic carbocycles. The van der Waals surface area contributed by atoms with Crippen molar-refractivity contribution in [2.45, 2.75) is 18.5 Å². The Hall–Kier alpha value is -3.18. The van der Waals surface area contributed by atoms with Gasteiger partial charge < -0.3 is 9.47 Å². The molecule has 0 N–H and O–H groups in total. The second-order valence-corrected chi connectivity index (χ2v) is 7.12. The minimum atomic E-state index is -0.0717. The first kappa shape index (κ1) is 19.6. The van der Waals surface area contributed by atoms with E-state index in [0.29, 0.717) is 11.7 Å². The van der Waals surface area contributed by atoms with Crippen LogP contribution < -0.4 is 4.90 Å². The predicted octanol–water partition coefficient (Wildman–Crippen LogP) is 3.22. The first-order valence-electron chi connectivity index (χ1n) is 8.76. The van der Waals surface area contributed by atoms with E-state index < -0.39 is 0 Å². The number of carbonyl (C=O) groups is 1. The average Bonchev–Trinajstić information content (AvgIpc) is 3.09. The summed E-state index contributed by atoms with van der Waals surface area (Å²) in [6, 6.07) is 13.6. The van der Waals surface area contributed by atoms with Gasteiger partial charge >= 0.3 is 0 Å². The zero-order valence-electron chi connectivity index (χ0n) is 15.7. The summed E-state index contributed by atoms with van der Waals surface area (Å²) in [5.41, 5.74) is 2.83. The molecule has 0 spiro atoms. The first-order valence-corrected chi connectivity index (χ1v) is 9.75. The van der Waals surface area contributed by atoms with Crippen LogP contribution in [0, 0.1) is 18.3 Å². The number of benzene rings is 1. The van der Waals surface area contributed by atoms with Gasteiger partial charge in [0.25, 0.3) is 0 Å². The molecule has 142 valence electrons. The van der Waals surface area contributed by atoms with Crippen molar-refractivity contribution >= 4 is 23.4 Å². The summed E-state index contributed by atoms with van der Waals surface area (Å²) in [4.78, 5) is 18.5. The van der Waals surface area contributed by atoms with E-state index in [1.807, 2.05) is 54.9 Å². The van der Waals surface area contributed by atoms with E-state index in [2.05, 4.69) is 21.3 Å². The smallest absolute Gasteiger partial charge is 0.237 e. The molecule has 0 atom stereocenters. The van der Waals surface area contributed by atoms with Gasteiger partial charge in [-0.2, -0.15) is 5.26 Å². The molecule has 0 saturated carbocycles. The molecule has 0 aliphatic rings. The number of hydrogen-bond donors (Lipinski definition) is 0. The Morgan fingerprint density at radius 3 is 2.57 bits per heavy atom. The summed E-state index contributed by atoms with van der Waals surface area (Å²) in [5, 5.41) is 18.0. The number of aromatic nitrogens is 4. The van der Waals surface area contributed by atoms with Gasteiger partial charge in [-0.3, -0.25) is 9.78 Å². The molecule has 7 nitrogen and oxygen atoms in total. The largest absolute Gasteiger partial charge is 0.311 e. The molecule has 1 amide bonds. The van der Waals surface area contributed by atoms with Crippen LogP contribution >= 0.6 is 11.8 Å². The van der Waals surface area contributed by atoms with E-state index in [1.54, 1.807) is 17.3 Å². The molecular formula is C20H20N6OS. The highest BCUT2D eigenvalue weighted by atomic mass is 32.2. The van der Waals surface area contributed by atoms with E-state index in [1.165, 1.54) is 11.8 Å². The zero-order chi connectivity index (χ0) is 19.9. The van der Waals surface area contributed by atoms with Gasteiger partial charge in [0.05, 0.1) is 18.2 Å². The Bertz CT molecular complexity index is 978. The Morgan fingerprint density at radius 2 is 1.89 bits per heavy atom. The number of thioether (sulfide) groups is 1. The molecule has 28 heavy (non-hydrogen) atoms. The highest BCUT2D eigenvalue weighted by Gasteiger charge is 2.18. The number of carbonyl (C=O) groups excluding carboxylic acids is 1. The maximum atomic E-state index is 12.8. The lowest BCUT2D eigenvalue weighted by Gasteiger charge is -2.21. The molecule has 0 radical (unpaired) electrons. The van der Waals surface area contributed by atoms with Crippen molar-refractivity contribution in [3.63, 3.8) is 0 Å². The standard InChI is InChI=1S/C20H20N6OS/c1-15-4-6-17(7-5-15)26(13-3-10-21)18(27)14-28-20-24-23-19(25(20)2)16-8-11-22-12-9-16/h4-9,11-12H,3,13-14H2,1-2H3. The van der Waals surface area contributed by atoms with Crippen LogP contribution in [0.15, 0.2) is 53.9 Å². The number of pyridine rings is 1. The van der Waals surface area contributed by atoms with E-state index >= 15 is 0 Å². The molecule has 0 aliphatic heterocycles. The molecule has 8 heteroatoms. The summed E-state index contributed by atoms with van der Waals surface area (Å²) in [5.74, 6) is 0.858. The summed E-state index contributed by atoms with van der Waals surface area (Å²) in [6.07, 6.45) is 3.68. The van der Waals surface area contributed by atoms with Crippen LogP contribution in [0.4, 0.5) is 5.69 Å². The van der Waals surface area contributed by atoms with Gasteiger partial charge in [0.15, 0.2) is 11.0 Å². The van der Waals surface area contributed by atoms with Crippen molar-refractivity contribution in [3.8, 4) is 17.5 Å². The quantitative estimate of drug-likeness (QED) is 0.574. The molecular weight excluding hydrogens is 372 g/mol. The lowest BCUT2D eigenvalue weighted by Crippen LogP contribution is -2.33. The van der Waals surface area contributed by atoms with Gasteiger partial charge in [0.1, 0.15) is 0 Å². The average molecular weight is 392 g/mol. The summed E-state index contributed by atoms with van der Waals surface area (Å²) >= 11 is 1.33. The fourth-order valence-corrected chi connectivity index (χ4v) is 3.47. The molecule has 0 bridgehead atoms. The number of nitrogens with zero attached hydrogens (tertiary/aromatic N) is 6. The topological polar surface area (TPSA) is 87.7 Å². The Morgan fingerprint density at radius 1 is 1.18 bits per heavy atom. The molecule has 1 aromatic carbocycles. The molecule has 3 rings (SSSR count). The SMILES string of the molecule is Cc1ccc(N(CCC#N)C(=O)CSc2nnc(-c3ccncc3)n2C)cc1. The second kappa shape index (κ2) is 9.15. The number of nitriles is 1. The lowest BCUT2D eigenvalue weighted by molar-refractivity contribution is -0.116. The summed E-state index contributed by atoms with van der Waals surface area (Å²) in [6.45, 7) is 2.36. The molecule has 0 unspecified atom stereocenters. The summed E-state index contributed by atoms with van der Waals surface area (Å²) < 4.78 is 1.86. The second-order valence-electron chi connectivity index (χ2n) is 6.18. The van der Waals surface area contributed by atoms with Gasteiger partial charge in [0, 0.05) is 37.2 Å². The molecule has 2 aromatic heterocycles. The van der Waals surface area contributed by atoms with Crippen molar-refractivity contribution in [1.82, 2.24) is 19.7 Å². The monoisotopic (exact) mass is 392 g/mol. The third kappa shape index (κ3) is 4.56. The van der Waals surface area contributed by atoms with Crippen molar-refractivity contribution < 1.29 is 4.79 Å². The van der Waals surface area contributed by atoms with Gasteiger partial charge in [0.2, 0.25) is 5.91 Å². The third-order valence-electron chi connectivity index (χ3n) is 4.19. The summed E-state index contributed by atoms with van der Waals surface area (Å²) in [7, 11) is 1.87. The Balaban J connectivity index is 1.72. The van der Waals surface area contributed by atoms with E-state index in [9.17, 15) is 4.79 Å². The van der Waals surface area contributed by atoms with Crippen LogP contribution in [0.3, 0.4) is 0 Å². The molecule has 0 saturated heterocycles. The van der Waals surface area contributed by atoms with Crippen molar-refractivity contribution in [2.24, 2.45) is 7.05 Å². The van der Waals surface area contributed by atoms with Crippen LogP contribution in [0.2, 0.25) is 0 Å². The van der Waals surface area contributed by atoms with Gasteiger partial charge in [-0.15, -0.1) is 10.2 Å². The van der Waals surface area contributed by atoms with Gasteiger partial charge in [-0.25, -0.2) is 0 Å². The maximum absolute atomic E-state index is 12.8. The third-order valence-corrected chi connectivity index (χ3v) is 5.20. The van der Waals surface area contributed by atoms with Gasteiger partial charge in [-0.1, -0.05) is 29.5 Å². The van der Waals surface area contributed by atoms with Crippen LogP contribution in [-0.4, -0.2) is 38.0 Å². The minimum absolute atomic E-state index is 0.0717. The normalized spacial score (nSPS) is 10.5. The first-order chi connectivity index (χ1) is 13.6. The maximum Gasteiger partial charge on any atom is 0.237 e. The minimum Gasteiger partial charge on any atom is -0.311 e. The van der Waals surface area contributed by atoms with E-state index in [4.69, 9.17) is 5.26 Å². The van der Waals surface area contributed by atoms with Crippen molar-refractivity contribution in [2.75, 3.05) is 17.2 Å². The predicted molar refractivity (Wildman–Crippen MR) is 109 cm³/mol. The zero-order valence-corrected chi connectivity index (χ0v) is 16.6. The van der Waals surface area contributed by atoms with E-state index in [0.717, 1.165) is 22.6 Å². The van der Waals surface area contributed by atoms with Crippen LogP contribution in [0.5, 0.6) is 0 Å². The number of hydrogen-bond acceptors (Lipinski definition) is 6. The molecule has 3 aromatic rings. The fraction of sp³-hybridized carbons (Fsp3) is 0.250. The molecule has 2 heterocycles. The number of amides is 1. The Kier molecular flexibility index (Phi) is 6.40. The number of anilines is 1. The highest BCUT2D eigenvalue weighted by molar-refractivity contribution is 7.99. The fourth-order valence-electron chi connectivity index (χ4n) is 2.68. The highest BCUT2D eigenvalue weighted by Crippen LogP contribution is 2.23.